The molecule has 0 aliphatic rings. The highest BCUT2D eigenvalue weighted by Gasteiger charge is 2.06. The smallest absolute Gasteiger partial charge is 0.298 e. The Kier molecular flexibility index (Phi) is 3.09. The Morgan fingerprint density at radius 3 is 2.92 bits per heavy atom. The number of allylic oxidation sites excluding steroid dienone is 1. The van der Waals surface area contributed by atoms with Gasteiger partial charge in [0.15, 0.2) is 0 Å². The van der Waals surface area contributed by atoms with E-state index in [0.717, 1.165) is 0 Å². The average molecular weight is 178 g/mol. The molecule has 0 heterocycles. The van der Waals surface area contributed by atoms with Gasteiger partial charge in [-0.2, -0.15) is 0 Å². The Morgan fingerprint density at radius 2 is 2.31 bits per heavy atom. The fourth-order valence-corrected chi connectivity index (χ4v) is 1.07. The van der Waals surface area contributed by atoms with Crippen LogP contribution in [0.2, 0.25) is 0 Å². The van der Waals surface area contributed by atoms with Gasteiger partial charge in [0.25, 0.3) is 6.47 Å². The number of phenols is 1. The molecule has 0 aliphatic heterocycles. The number of aromatic hydroxyl groups is 1. The summed E-state index contributed by atoms with van der Waals surface area (Å²) >= 11 is 0. The van der Waals surface area contributed by atoms with Crippen molar-refractivity contribution < 1.29 is 14.6 Å². The van der Waals surface area contributed by atoms with E-state index in [4.69, 9.17) is 0 Å². The molecule has 1 N–H and O–H groups in total. The standard InChI is InChI=1S/C10H10O3/c1-2-4-8-9(12)5-3-6-10(8)13-7-11/h2-3,5-7,12H,1,4H2. The van der Waals surface area contributed by atoms with Crippen LogP contribution in [0.4, 0.5) is 0 Å². The summed E-state index contributed by atoms with van der Waals surface area (Å²) in [5.74, 6) is 0.481. The maximum atomic E-state index is 10.1. The summed E-state index contributed by atoms with van der Waals surface area (Å²) in [5, 5.41) is 9.41. The molecule has 68 valence electrons. The molecule has 1 aromatic carbocycles. The van der Waals surface area contributed by atoms with E-state index in [1.165, 1.54) is 6.07 Å². The van der Waals surface area contributed by atoms with Gasteiger partial charge < -0.3 is 9.84 Å². The Hall–Kier alpha value is -1.77. The quantitative estimate of drug-likeness (QED) is 0.563. The monoisotopic (exact) mass is 178 g/mol. The summed E-state index contributed by atoms with van der Waals surface area (Å²) < 4.78 is 4.68. The predicted molar refractivity (Wildman–Crippen MR) is 48.7 cm³/mol. The first-order chi connectivity index (χ1) is 6.29. The molecule has 0 amide bonds. The number of hydrogen-bond donors (Lipinski definition) is 1. The van der Waals surface area contributed by atoms with Crippen LogP contribution in [0, 0.1) is 0 Å². The number of carbonyl (C=O) groups is 1. The summed E-state index contributed by atoms with van der Waals surface area (Å²) in [5.41, 5.74) is 0.574. The minimum atomic E-state index is 0.110. The molecular formula is C10H10O3. The highest BCUT2D eigenvalue weighted by atomic mass is 16.5. The fraction of sp³-hybridized carbons (Fsp3) is 0.100. The minimum Gasteiger partial charge on any atom is -0.508 e. The number of hydrogen-bond acceptors (Lipinski definition) is 3. The molecule has 0 aromatic heterocycles. The summed E-state index contributed by atoms with van der Waals surface area (Å²) in [7, 11) is 0. The Morgan fingerprint density at radius 1 is 1.54 bits per heavy atom. The first-order valence-corrected chi connectivity index (χ1v) is 3.81. The summed E-state index contributed by atoms with van der Waals surface area (Å²) in [6.45, 7) is 3.88. The lowest BCUT2D eigenvalue weighted by molar-refractivity contribution is -0.120. The van der Waals surface area contributed by atoms with Crippen LogP contribution < -0.4 is 4.74 Å². The molecule has 0 saturated heterocycles. The predicted octanol–water partition coefficient (Wildman–Crippen LogP) is 1.66. The SMILES string of the molecule is C=CCc1c(O)cccc1OC=O. The number of carbonyl (C=O) groups excluding carboxylic acids is 1. The second kappa shape index (κ2) is 4.30. The second-order valence-electron chi connectivity index (χ2n) is 2.46. The zero-order valence-corrected chi connectivity index (χ0v) is 7.06. The van der Waals surface area contributed by atoms with Crippen LogP contribution in [0.3, 0.4) is 0 Å². The van der Waals surface area contributed by atoms with Crippen LogP contribution in [-0.2, 0) is 11.2 Å². The molecule has 0 aliphatic carbocycles. The van der Waals surface area contributed by atoms with E-state index in [2.05, 4.69) is 11.3 Å². The van der Waals surface area contributed by atoms with Gasteiger partial charge in [0.1, 0.15) is 11.5 Å². The second-order valence-corrected chi connectivity index (χ2v) is 2.46. The van der Waals surface area contributed by atoms with Crippen molar-refractivity contribution >= 4 is 6.47 Å². The summed E-state index contributed by atoms with van der Waals surface area (Å²) in [6, 6.07) is 4.77. The van der Waals surface area contributed by atoms with Crippen LogP contribution in [0.5, 0.6) is 11.5 Å². The van der Waals surface area contributed by atoms with E-state index in [1.807, 2.05) is 0 Å². The number of ether oxygens (including phenoxy) is 1. The minimum absolute atomic E-state index is 0.110. The van der Waals surface area contributed by atoms with Crippen molar-refractivity contribution in [3.05, 3.63) is 36.4 Å². The van der Waals surface area contributed by atoms with E-state index in [-0.39, 0.29) is 5.75 Å². The van der Waals surface area contributed by atoms with Gasteiger partial charge in [-0.15, -0.1) is 6.58 Å². The van der Waals surface area contributed by atoms with Crippen molar-refractivity contribution in [1.29, 1.82) is 0 Å². The van der Waals surface area contributed by atoms with E-state index in [0.29, 0.717) is 24.2 Å². The molecule has 1 rings (SSSR count). The molecule has 0 unspecified atom stereocenters. The summed E-state index contributed by atoms with van der Waals surface area (Å²) in [6.07, 6.45) is 2.10. The lowest BCUT2D eigenvalue weighted by atomic mass is 10.1. The third-order valence-corrected chi connectivity index (χ3v) is 1.63. The molecule has 3 nitrogen and oxygen atoms in total. The van der Waals surface area contributed by atoms with Gasteiger partial charge in [0.2, 0.25) is 0 Å². The van der Waals surface area contributed by atoms with Crippen molar-refractivity contribution in [2.24, 2.45) is 0 Å². The van der Waals surface area contributed by atoms with Crippen LogP contribution in [0.25, 0.3) is 0 Å². The first kappa shape index (κ1) is 9.32. The van der Waals surface area contributed by atoms with Crippen LogP contribution in [-0.4, -0.2) is 11.6 Å². The van der Waals surface area contributed by atoms with Gasteiger partial charge in [-0.1, -0.05) is 12.1 Å². The van der Waals surface area contributed by atoms with Crippen LogP contribution >= 0.6 is 0 Å². The van der Waals surface area contributed by atoms with Crippen LogP contribution in [0.15, 0.2) is 30.9 Å². The normalized spacial score (nSPS) is 9.23. The Labute approximate surface area is 76.3 Å². The van der Waals surface area contributed by atoms with Gasteiger partial charge in [0.05, 0.1) is 0 Å². The highest BCUT2D eigenvalue weighted by Crippen LogP contribution is 2.27. The number of benzene rings is 1. The molecular weight excluding hydrogens is 168 g/mol. The van der Waals surface area contributed by atoms with Gasteiger partial charge in [-0.25, -0.2) is 0 Å². The third-order valence-electron chi connectivity index (χ3n) is 1.63. The molecule has 0 saturated carbocycles. The largest absolute Gasteiger partial charge is 0.508 e. The highest BCUT2D eigenvalue weighted by molar-refractivity contribution is 5.52. The maximum absolute atomic E-state index is 10.1. The van der Waals surface area contributed by atoms with Gasteiger partial charge >= 0.3 is 0 Å². The van der Waals surface area contributed by atoms with Gasteiger partial charge in [-0.05, 0) is 18.6 Å². The Balaban J connectivity index is 3.08. The first-order valence-electron chi connectivity index (χ1n) is 3.81. The molecule has 0 radical (unpaired) electrons. The van der Waals surface area contributed by atoms with Crippen molar-refractivity contribution in [2.75, 3.05) is 0 Å². The zero-order chi connectivity index (χ0) is 9.68. The van der Waals surface area contributed by atoms with Crippen molar-refractivity contribution in [1.82, 2.24) is 0 Å². The lowest BCUT2D eigenvalue weighted by Gasteiger charge is -2.06. The molecule has 13 heavy (non-hydrogen) atoms. The molecule has 1 aromatic rings. The van der Waals surface area contributed by atoms with E-state index < -0.39 is 0 Å². The number of rotatable bonds is 4. The zero-order valence-electron chi connectivity index (χ0n) is 7.06. The topological polar surface area (TPSA) is 46.5 Å². The molecule has 0 spiro atoms. The van der Waals surface area contributed by atoms with Gasteiger partial charge in [0, 0.05) is 5.56 Å². The average Bonchev–Trinajstić information content (AvgIpc) is 2.11. The van der Waals surface area contributed by atoms with Crippen molar-refractivity contribution in [3.8, 4) is 11.5 Å². The van der Waals surface area contributed by atoms with E-state index >= 15 is 0 Å². The maximum Gasteiger partial charge on any atom is 0.298 e. The molecule has 0 atom stereocenters. The van der Waals surface area contributed by atoms with E-state index in [9.17, 15) is 9.90 Å². The number of phenolic OH excluding ortho intramolecular Hbond substituents is 1. The van der Waals surface area contributed by atoms with Crippen molar-refractivity contribution in [2.45, 2.75) is 6.42 Å². The Bertz CT molecular complexity index is 318. The lowest BCUT2D eigenvalue weighted by Crippen LogP contribution is -1.94. The summed E-state index contributed by atoms with van der Waals surface area (Å²) in [4.78, 5) is 10.1. The fourth-order valence-electron chi connectivity index (χ4n) is 1.07. The molecule has 0 bridgehead atoms. The molecule has 3 heteroatoms. The molecule has 0 fully saturated rings. The van der Waals surface area contributed by atoms with Gasteiger partial charge in [-0.3, -0.25) is 4.79 Å². The van der Waals surface area contributed by atoms with E-state index in [1.54, 1.807) is 18.2 Å². The van der Waals surface area contributed by atoms with Crippen LogP contribution in [0.1, 0.15) is 5.56 Å². The third kappa shape index (κ3) is 2.08. The van der Waals surface area contributed by atoms with Crippen molar-refractivity contribution in [3.63, 3.8) is 0 Å².